The van der Waals surface area contributed by atoms with Gasteiger partial charge in [-0.1, -0.05) is 30.3 Å². The molecule has 8 heteroatoms. The Morgan fingerprint density at radius 1 is 1.12 bits per heavy atom. The zero-order chi connectivity index (χ0) is 22.3. The fourth-order valence-corrected chi connectivity index (χ4v) is 3.80. The molecule has 2 heterocycles. The molecule has 1 aliphatic rings. The van der Waals surface area contributed by atoms with Crippen LogP contribution < -0.4 is 20.1 Å². The van der Waals surface area contributed by atoms with Gasteiger partial charge in [-0.2, -0.15) is 0 Å². The topological polar surface area (TPSA) is 88.6 Å². The highest BCUT2D eigenvalue weighted by Gasteiger charge is 2.19. The maximum atomic E-state index is 12.4. The van der Waals surface area contributed by atoms with Gasteiger partial charge in [-0.25, -0.2) is 14.8 Å². The molecule has 0 aliphatic carbocycles. The molecule has 2 aromatic carbocycles. The van der Waals surface area contributed by atoms with E-state index >= 15 is 0 Å². The van der Waals surface area contributed by atoms with Gasteiger partial charge in [0.2, 0.25) is 0 Å². The van der Waals surface area contributed by atoms with Crippen molar-refractivity contribution in [2.75, 3.05) is 39.2 Å². The summed E-state index contributed by atoms with van der Waals surface area (Å²) in [5, 5.41) is 6.34. The lowest BCUT2D eigenvalue weighted by molar-refractivity contribution is 0.157. The van der Waals surface area contributed by atoms with E-state index in [2.05, 4.69) is 32.5 Å². The SMILES string of the molecule is COc1cc2c(NC(=O)NCc3ccccc3)ncnc2cc1OCC1CCN(C)CC1. The summed E-state index contributed by atoms with van der Waals surface area (Å²) in [5.41, 5.74) is 1.70. The van der Waals surface area contributed by atoms with Gasteiger partial charge in [-0.3, -0.25) is 5.32 Å². The molecule has 0 radical (unpaired) electrons. The van der Waals surface area contributed by atoms with E-state index in [0.29, 0.717) is 47.3 Å². The number of rotatable bonds is 7. The van der Waals surface area contributed by atoms with Gasteiger partial charge in [0.25, 0.3) is 0 Å². The summed E-state index contributed by atoms with van der Waals surface area (Å²) in [6.45, 7) is 3.26. The molecule has 0 spiro atoms. The van der Waals surface area contributed by atoms with Gasteiger partial charge in [0, 0.05) is 18.0 Å². The number of benzene rings is 2. The van der Waals surface area contributed by atoms with Crippen LogP contribution in [0.4, 0.5) is 10.6 Å². The number of piperidine rings is 1. The van der Waals surface area contributed by atoms with Crippen LogP contribution in [-0.2, 0) is 6.54 Å². The summed E-state index contributed by atoms with van der Waals surface area (Å²) in [6, 6.07) is 13.0. The summed E-state index contributed by atoms with van der Waals surface area (Å²) in [4.78, 5) is 23.4. The van der Waals surface area contributed by atoms with E-state index in [4.69, 9.17) is 9.47 Å². The number of methoxy groups -OCH3 is 1. The van der Waals surface area contributed by atoms with E-state index in [1.807, 2.05) is 42.5 Å². The van der Waals surface area contributed by atoms with E-state index in [-0.39, 0.29) is 6.03 Å². The summed E-state index contributed by atoms with van der Waals surface area (Å²) in [6.07, 6.45) is 3.68. The molecule has 1 fully saturated rings. The predicted molar refractivity (Wildman–Crippen MR) is 124 cm³/mol. The summed E-state index contributed by atoms with van der Waals surface area (Å²) >= 11 is 0. The van der Waals surface area contributed by atoms with E-state index in [0.717, 1.165) is 31.5 Å². The van der Waals surface area contributed by atoms with Crippen molar-refractivity contribution in [2.45, 2.75) is 19.4 Å². The summed E-state index contributed by atoms with van der Waals surface area (Å²) in [7, 11) is 3.75. The Morgan fingerprint density at radius 2 is 1.91 bits per heavy atom. The first-order chi connectivity index (χ1) is 15.6. The lowest BCUT2D eigenvalue weighted by Gasteiger charge is -2.28. The molecular formula is C24H29N5O3. The highest BCUT2D eigenvalue weighted by molar-refractivity contribution is 5.99. The zero-order valence-electron chi connectivity index (χ0n) is 18.5. The Labute approximate surface area is 188 Å². The second-order valence-corrected chi connectivity index (χ2v) is 8.09. The van der Waals surface area contributed by atoms with Gasteiger partial charge in [0.05, 0.1) is 19.2 Å². The quantitative estimate of drug-likeness (QED) is 0.589. The fourth-order valence-electron chi connectivity index (χ4n) is 3.80. The number of nitrogens with zero attached hydrogens (tertiary/aromatic N) is 3. The minimum atomic E-state index is -0.338. The number of hydrogen-bond donors (Lipinski definition) is 2. The Kier molecular flexibility index (Phi) is 7.01. The summed E-state index contributed by atoms with van der Waals surface area (Å²) in [5.74, 6) is 2.19. The van der Waals surface area contributed by atoms with Gasteiger partial charge in [0.15, 0.2) is 11.5 Å². The van der Waals surface area contributed by atoms with Crippen LogP contribution >= 0.6 is 0 Å². The second-order valence-electron chi connectivity index (χ2n) is 8.09. The molecular weight excluding hydrogens is 406 g/mol. The van der Waals surface area contributed by atoms with Crippen LogP contribution in [0.15, 0.2) is 48.8 Å². The maximum absolute atomic E-state index is 12.4. The molecule has 3 aromatic rings. The van der Waals surface area contributed by atoms with Crippen molar-refractivity contribution in [2.24, 2.45) is 5.92 Å². The molecule has 32 heavy (non-hydrogen) atoms. The normalized spacial score (nSPS) is 14.8. The fraction of sp³-hybridized carbons (Fsp3) is 0.375. The lowest BCUT2D eigenvalue weighted by Crippen LogP contribution is -2.32. The molecule has 0 unspecified atom stereocenters. The number of anilines is 1. The van der Waals surface area contributed by atoms with Crippen molar-refractivity contribution >= 4 is 22.8 Å². The first-order valence-electron chi connectivity index (χ1n) is 10.8. The Bertz CT molecular complexity index is 1050. The first-order valence-corrected chi connectivity index (χ1v) is 10.8. The third kappa shape index (κ3) is 5.45. The number of likely N-dealkylation sites (tertiary alicyclic amines) is 1. The minimum Gasteiger partial charge on any atom is -0.493 e. The van der Waals surface area contributed by atoms with Crippen LogP contribution in [0.25, 0.3) is 10.9 Å². The predicted octanol–water partition coefficient (Wildman–Crippen LogP) is 3.68. The smallest absolute Gasteiger partial charge is 0.320 e. The molecule has 4 rings (SSSR count). The van der Waals surface area contributed by atoms with E-state index in [1.165, 1.54) is 6.33 Å². The number of carbonyl (C=O) groups excluding carboxylic acids is 1. The van der Waals surface area contributed by atoms with E-state index in [1.54, 1.807) is 7.11 Å². The van der Waals surface area contributed by atoms with Crippen molar-refractivity contribution in [3.63, 3.8) is 0 Å². The molecule has 1 saturated heterocycles. The second kappa shape index (κ2) is 10.3. The number of urea groups is 1. The number of aromatic nitrogens is 2. The van der Waals surface area contributed by atoms with Crippen molar-refractivity contribution in [3.8, 4) is 11.5 Å². The monoisotopic (exact) mass is 435 g/mol. The number of amides is 2. The van der Waals surface area contributed by atoms with Gasteiger partial charge < -0.3 is 19.7 Å². The molecule has 1 aromatic heterocycles. The van der Waals surface area contributed by atoms with E-state index < -0.39 is 0 Å². The van der Waals surface area contributed by atoms with Crippen LogP contribution in [0.1, 0.15) is 18.4 Å². The van der Waals surface area contributed by atoms with Crippen molar-refractivity contribution in [3.05, 3.63) is 54.4 Å². The molecule has 0 saturated carbocycles. The average molecular weight is 436 g/mol. The largest absolute Gasteiger partial charge is 0.493 e. The minimum absolute atomic E-state index is 0.338. The Morgan fingerprint density at radius 3 is 2.66 bits per heavy atom. The number of nitrogens with one attached hydrogen (secondary N) is 2. The lowest BCUT2D eigenvalue weighted by atomic mass is 9.98. The van der Waals surface area contributed by atoms with Crippen molar-refractivity contribution in [1.29, 1.82) is 0 Å². The Balaban J connectivity index is 1.45. The van der Waals surface area contributed by atoms with Crippen LogP contribution in [0, 0.1) is 5.92 Å². The van der Waals surface area contributed by atoms with Crippen LogP contribution in [0.3, 0.4) is 0 Å². The molecule has 0 bridgehead atoms. The van der Waals surface area contributed by atoms with Gasteiger partial charge in [-0.15, -0.1) is 0 Å². The molecule has 8 nitrogen and oxygen atoms in total. The van der Waals surface area contributed by atoms with Crippen LogP contribution in [0.2, 0.25) is 0 Å². The van der Waals surface area contributed by atoms with Crippen molar-refractivity contribution in [1.82, 2.24) is 20.2 Å². The summed E-state index contributed by atoms with van der Waals surface area (Å²) < 4.78 is 11.7. The zero-order valence-corrected chi connectivity index (χ0v) is 18.5. The van der Waals surface area contributed by atoms with Crippen LogP contribution in [-0.4, -0.2) is 54.8 Å². The molecule has 2 amide bonds. The third-order valence-electron chi connectivity index (χ3n) is 5.76. The number of hydrogen-bond acceptors (Lipinski definition) is 6. The van der Waals surface area contributed by atoms with Crippen molar-refractivity contribution < 1.29 is 14.3 Å². The van der Waals surface area contributed by atoms with Gasteiger partial charge in [-0.05, 0) is 50.5 Å². The van der Waals surface area contributed by atoms with Gasteiger partial charge in [0.1, 0.15) is 12.1 Å². The molecule has 0 atom stereocenters. The average Bonchev–Trinajstić information content (AvgIpc) is 2.82. The highest BCUT2D eigenvalue weighted by Crippen LogP contribution is 2.34. The maximum Gasteiger partial charge on any atom is 0.320 e. The standard InChI is InChI=1S/C24H29N5O3/c1-29-10-8-18(9-11-29)15-32-22-13-20-19(12-21(22)31-2)23(27-16-26-20)28-24(30)25-14-17-6-4-3-5-7-17/h3-7,12-13,16,18H,8-11,14-15H2,1-2H3,(H2,25,26,27,28,30). The highest BCUT2D eigenvalue weighted by atomic mass is 16.5. The first kappa shape index (κ1) is 21.8. The van der Waals surface area contributed by atoms with Crippen LogP contribution in [0.5, 0.6) is 11.5 Å². The number of ether oxygens (including phenoxy) is 2. The third-order valence-corrected chi connectivity index (χ3v) is 5.76. The van der Waals surface area contributed by atoms with E-state index in [9.17, 15) is 4.79 Å². The molecule has 2 N–H and O–H groups in total. The van der Waals surface area contributed by atoms with Gasteiger partial charge >= 0.3 is 6.03 Å². The number of carbonyl (C=O) groups is 1. The molecule has 168 valence electrons. The Hall–Kier alpha value is -3.39. The number of fused-ring (bicyclic) bond motifs is 1. The molecule has 1 aliphatic heterocycles.